The Morgan fingerprint density at radius 2 is 2.15 bits per heavy atom. The van der Waals surface area contributed by atoms with Crippen molar-refractivity contribution < 1.29 is 14.0 Å². The van der Waals surface area contributed by atoms with Crippen molar-refractivity contribution >= 4 is 44.3 Å². The van der Waals surface area contributed by atoms with Crippen LogP contribution in [0.3, 0.4) is 0 Å². The van der Waals surface area contributed by atoms with E-state index >= 15 is 0 Å². The molecule has 0 bridgehead atoms. The summed E-state index contributed by atoms with van der Waals surface area (Å²) < 4.78 is 15.3. The maximum atomic E-state index is 13.7. The topological polar surface area (TPSA) is 109 Å². The number of benzene rings is 1. The number of fused-ring (bicyclic) bond motifs is 1. The molecule has 0 unspecified atom stereocenters. The van der Waals surface area contributed by atoms with Crippen LogP contribution in [0.2, 0.25) is 0 Å². The number of nitrogens with zero attached hydrogens (tertiary/aromatic N) is 4. The Morgan fingerprint density at radius 1 is 1.33 bits per heavy atom. The van der Waals surface area contributed by atoms with Gasteiger partial charge in [-0.3, -0.25) is 19.0 Å². The van der Waals surface area contributed by atoms with E-state index in [2.05, 4.69) is 20.6 Å². The number of halogens is 1. The van der Waals surface area contributed by atoms with E-state index in [1.165, 1.54) is 28.3 Å². The van der Waals surface area contributed by atoms with E-state index in [1.807, 2.05) is 11.8 Å². The van der Waals surface area contributed by atoms with E-state index in [9.17, 15) is 18.8 Å². The molecule has 0 radical (unpaired) electrons. The van der Waals surface area contributed by atoms with Crippen LogP contribution in [-0.4, -0.2) is 46.0 Å². The lowest BCUT2D eigenvalue weighted by Crippen LogP contribution is -2.43. The third-order valence-electron chi connectivity index (χ3n) is 5.56. The first-order valence-corrected chi connectivity index (χ1v) is 11.6. The molecule has 33 heavy (non-hydrogen) atoms. The van der Waals surface area contributed by atoms with Crippen molar-refractivity contribution in [2.24, 2.45) is 5.92 Å². The fourth-order valence-corrected chi connectivity index (χ4v) is 4.80. The molecule has 1 aliphatic rings. The van der Waals surface area contributed by atoms with Gasteiger partial charge in [-0.25, -0.2) is 9.37 Å². The number of amides is 2. The Morgan fingerprint density at radius 3 is 2.91 bits per heavy atom. The first-order chi connectivity index (χ1) is 15.9. The highest BCUT2D eigenvalue weighted by Crippen LogP contribution is 2.29. The van der Waals surface area contributed by atoms with Crippen molar-refractivity contribution in [2.75, 3.05) is 29.9 Å². The number of piperidine rings is 1. The predicted octanol–water partition coefficient (Wildman–Crippen LogP) is 2.29. The summed E-state index contributed by atoms with van der Waals surface area (Å²) in [4.78, 5) is 48.3. The summed E-state index contributed by atoms with van der Waals surface area (Å²) in [7, 11) is 0. The smallest absolute Gasteiger partial charge is 0.273 e. The van der Waals surface area contributed by atoms with Gasteiger partial charge in [0.2, 0.25) is 11.8 Å². The van der Waals surface area contributed by atoms with Gasteiger partial charge in [-0.1, -0.05) is 17.4 Å². The zero-order valence-electron chi connectivity index (χ0n) is 18.4. The SMILES string of the molecule is CCNC(=O)[C@H]1CCCN(c2nc3ncn(CC(=O)Nc4ccc(C)c(F)c4)c(=O)c3s2)C1. The zero-order chi connectivity index (χ0) is 23.5. The second-order valence-electron chi connectivity index (χ2n) is 8.02. The van der Waals surface area contributed by atoms with Crippen LogP contribution in [0.1, 0.15) is 25.3 Å². The van der Waals surface area contributed by atoms with E-state index in [-0.39, 0.29) is 23.9 Å². The summed E-state index contributed by atoms with van der Waals surface area (Å²) in [5, 5.41) is 6.10. The Balaban J connectivity index is 1.50. The minimum Gasteiger partial charge on any atom is -0.356 e. The summed E-state index contributed by atoms with van der Waals surface area (Å²) in [5.74, 6) is -0.974. The van der Waals surface area contributed by atoms with Gasteiger partial charge in [-0.2, -0.15) is 4.98 Å². The molecule has 2 aromatic heterocycles. The minimum atomic E-state index is -0.466. The molecule has 1 saturated heterocycles. The summed E-state index contributed by atoms with van der Waals surface area (Å²) in [5.41, 5.74) is 0.742. The van der Waals surface area contributed by atoms with Gasteiger partial charge in [0, 0.05) is 25.3 Å². The molecule has 174 valence electrons. The number of hydrogen-bond acceptors (Lipinski definition) is 7. The van der Waals surface area contributed by atoms with Crippen LogP contribution in [-0.2, 0) is 16.1 Å². The van der Waals surface area contributed by atoms with Gasteiger partial charge >= 0.3 is 0 Å². The molecule has 2 amide bonds. The molecule has 4 rings (SSSR count). The molecule has 0 saturated carbocycles. The molecule has 3 aromatic rings. The molecule has 0 spiro atoms. The summed E-state index contributed by atoms with van der Waals surface area (Å²) in [6, 6.07) is 4.41. The zero-order valence-corrected chi connectivity index (χ0v) is 19.2. The Hall–Kier alpha value is -3.34. The molecule has 1 fully saturated rings. The number of aryl methyl sites for hydroxylation is 1. The molecular weight excluding hydrogens is 447 g/mol. The van der Waals surface area contributed by atoms with E-state index in [4.69, 9.17) is 0 Å². The first kappa shape index (κ1) is 22.8. The number of hydrogen-bond donors (Lipinski definition) is 2. The molecule has 1 atom stereocenters. The molecule has 9 nitrogen and oxygen atoms in total. The number of rotatable bonds is 6. The van der Waals surface area contributed by atoms with Crippen molar-refractivity contribution in [2.45, 2.75) is 33.2 Å². The summed E-state index contributed by atoms with van der Waals surface area (Å²) >= 11 is 1.21. The molecule has 1 aliphatic heterocycles. The van der Waals surface area contributed by atoms with E-state index < -0.39 is 11.7 Å². The fraction of sp³-hybridized carbons (Fsp3) is 0.409. The van der Waals surface area contributed by atoms with E-state index in [0.717, 1.165) is 19.4 Å². The second kappa shape index (κ2) is 9.65. The monoisotopic (exact) mass is 472 g/mol. The second-order valence-corrected chi connectivity index (χ2v) is 9.00. The molecule has 2 N–H and O–H groups in total. The lowest BCUT2D eigenvalue weighted by molar-refractivity contribution is -0.125. The van der Waals surface area contributed by atoms with Gasteiger partial charge in [0.15, 0.2) is 10.8 Å². The van der Waals surface area contributed by atoms with E-state index in [0.29, 0.717) is 39.8 Å². The van der Waals surface area contributed by atoms with Crippen LogP contribution in [0.15, 0.2) is 29.3 Å². The average molecular weight is 473 g/mol. The number of carbonyl (C=O) groups is 2. The maximum Gasteiger partial charge on any atom is 0.273 e. The third-order valence-corrected chi connectivity index (χ3v) is 6.65. The third kappa shape index (κ3) is 5.03. The first-order valence-electron chi connectivity index (χ1n) is 10.8. The van der Waals surface area contributed by atoms with Crippen molar-refractivity contribution in [1.29, 1.82) is 0 Å². The predicted molar refractivity (Wildman–Crippen MR) is 125 cm³/mol. The highest BCUT2D eigenvalue weighted by Gasteiger charge is 2.27. The summed E-state index contributed by atoms with van der Waals surface area (Å²) in [6.07, 6.45) is 2.96. The van der Waals surface area contributed by atoms with Gasteiger partial charge < -0.3 is 15.5 Å². The number of carbonyl (C=O) groups excluding carboxylic acids is 2. The van der Waals surface area contributed by atoms with Crippen LogP contribution in [0.5, 0.6) is 0 Å². The standard InChI is InChI=1S/C22H25FN6O3S/c1-3-24-20(31)14-5-4-8-28(10-14)22-27-19-18(33-22)21(32)29(12-25-19)11-17(30)26-15-7-6-13(2)16(23)9-15/h6-7,9,12,14H,3-5,8,10-11H2,1-2H3,(H,24,31)(H,26,30)/t14-/m0/s1. The Bertz CT molecular complexity index is 1260. The number of anilines is 2. The number of aromatic nitrogens is 3. The summed E-state index contributed by atoms with van der Waals surface area (Å²) in [6.45, 7) is 5.14. The molecule has 11 heteroatoms. The van der Waals surface area contributed by atoms with Crippen molar-refractivity contribution in [1.82, 2.24) is 19.9 Å². The Labute approximate surface area is 193 Å². The number of nitrogens with one attached hydrogen (secondary N) is 2. The van der Waals surface area contributed by atoms with Gasteiger partial charge in [0.25, 0.3) is 5.56 Å². The average Bonchev–Trinajstić information content (AvgIpc) is 3.24. The molecule has 0 aliphatic carbocycles. The highest BCUT2D eigenvalue weighted by atomic mass is 32.1. The van der Waals surface area contributed by atoms with Crippen LogP contribution in [0.4, 0.5) is 15.2 Å². The normalized spacial score (nSPS) is 16.1. The fourth-order valence-electron chi connectivity index (χ4n) is 3.79. The highest BCUT2D eigenvalue weighted by molar-refractivity contribution is 7.22. The number of thiazole rings is 1. The van der Waals surface area contributed by atoms with Crippen molar-refractivity contribution in [3.8, 4) is 0 Å². The largest absolute Gasteiger partial charge is 0.356 e. The van der Waals surface area contributed by atoms with Crippen LogP contribution < -0.4 is 21.1 Å². The lowest BCUT2D eigenvalue weighted by atomic mass is 9.97. The Kier molecular flexibility index (Phi) is 6.68. The van der Waals surface area contributed by atoms with Crippen LogP contribution >= 0.6 is 11.3 Å². The van der Waals surface area contributed by atoms with E-state index in [1.54, 1.807) is 19.1 Å². The molecular formula is C22H25FN6O3S. The molecule has 1 aromatic carbocycles. The van der Waals surface area contributed by atoms with Crippen LogP contribution in [0, 0.1) is 18.7 Å². The maximum absolute atomic E-state index is 13.7. The van der Waals surface area contributed by atoms with Crippen molar-refractivity contribution in [3.63, 3.8) is 0 Å². The van der Waals surface area contributed by atoms with Gasteiger partial charge in [-0.15, -0.1) is 0 Å². The van der Waals surface area contributed by atoms with Crippen LogP contribution in [0.25, 0.3) is 10.3 Å². The lowest BCUT2D eigenvalue weighted by Gasteiger charge is -2.31. The van der Waals surface area contributed by atoms with Crippen molar-refractivity contribution in [3.05, 3.63) is 46.3 Å². The van der Waals surface area contributed by atoms with Gasteiger partial charge in [0.1, 0.15) is 23.4 Å². The van der Waals surface area contributed by atoms with Gasteiger partial charge in [0.05, 0.1) is 5.92 Å². The molecule has 3 heterocycles. The minimum absolute atomic E-state index is 0.0308. The van der Waals surface area contributed by atoms with Gasteiger partial charge in [-0.05, 0) is 44.4 Å². The quantitative estimate of drug-likeness (QED) is 0.570.